The van der Waals surface area contributed by atoms with Gasteiger partial charge in [0.25, 0.3) is 0 Å². The fraction of sp³-hybridized carbons (Fsp3) is 0.250. The van der Waals surface area contributed by atoms with Gasteiger partial charge >= 0.3 is 0 Å². The lowest BCUT2D eigenvalue weighted by atomic mass is 10.0. The van der Waals surface area contributed by atoms with Gasteiger partial charge in [0.15, 0.2) is 0 Å². The van der Waals surface area contributed by atoms with Crippen molar-refractivity contribution in [1.29, 1.82) is 0 Å². The first-order chi connectivity index (χ1) is 9.54. The number of hydrogen-bond donors (Lipinski definition) is 1. The maximum Gasteiger partial charge on any atom is 0.0662 e. The average Bonchev–Trinajstić information content (AvgIpc) is 2.44. The number of nitrogens with zero attached hydrogens (tertiary/aromatic N) is 1. The molecule has 0 aromatic heterocycles. The van der Waals surface area contributed by atoms with Crippen LogP contribution in [0, 0.1) is 6.92 Å². The molecule has 0 spiro atoms. The van der Waals surface area contributed by atoms with Gasteiger partial charge in [0.2, 0.25) is 0 Å². The second kappa shape index (κ2) is 6.61. The van der Waals surface area contributed by atoms with E-state index in [9.17, 15) is 0 Å². The predicted molar refractivity (Wildman–Crippen MR) is 90.5 cm³/mol. The van der Waals surface area contributed by atoms with E-state index >= 15 is 0 Å². The van der Waals surface area contributed by atoms with Crippen molar-refractivity contribution in [2.75, 3.05) is 18.5 Å². The SMILES string of the molecule is Cc1ccccc1N(C)C(CN)c1ccc(Cl)c(Br)c1. The summed E-state index contributed by atoms with van der Waals surface area (Å²) in [6.45, 7) is 2.65. The molecule has 0 fully saturated rings. The number of para-hydroxylation sites is 1. The van der Waals surface area contributed by atoms with E-state index in [-0.39, 0.29) is 6.04 Å². The zero-order valence-electron chi connectivity index (χ0n) is 11.6. The van der Waals surface area contributed by atoms with E-state index in [1.54, 1.807) is 0 Å². The quantitative estimate of drug-likeness (QED) is 0.874. The molecular formula is C16H18BrClN2. The molecule has 20 heavy (non-hydrogen) atoms. The van der Waals surface area contributed by atoms with Gasteiger partial charge in [-0.3, -0.25) is 0 Å². The fourth-order valence-corrected chi connectivity index (χ4v) is 2.88. The zero-order valence-corrected chi connectivity index (χ0v) is 13.9. The molecule has 2 nitrogen and oxygen atoms in total. The molecule has 2 N–H and O–H groups in total. The van der Waals surface area contributed by atoms with Crippen LogP contribution in [0.15, 0.2) is 46.9 Å². The Morgan fingerprint density at radius 2 is 1.95 bits per heavy atom. The maximum atomic E-state index is 6.06. The van der Waals surface area contributed by atoms with Gasteiger partial charge in [0, 0.05) is 23.8 Å². The molecule has 1 atom stereocenters. The average molecular weight is 354 g/mol. The number of halogens is 2. The summed E-state index contributed by atoms with van der Waals surface area (Å²) in [5, 5.41) is 0.711. The van der Waals surface area contributed by atoms with Gasteiger partial charge in [-0.15, -0.1) is 0 Å². The Labute approximate surface area is 133 Å². The van der Waals surface area contributed by atoms with Crippen LogP contribution < -0.4 is 10.6 Å². The summed E-state index contributed by atoms with van der Waals surface area (Å²) in [6.07, 6.45) is 0. The van der Waals surface area contributed by atoms with Gasteiger partial charge in [-0.25, -0.2) is 0 Å². The first-order valence-electron chi connectivity index (χ1n) is 6.48. The van der Waals surface area contributed by atoms with Gasteiger partial charge in [-0.05, 0) is 52.2 Å². The topological polar surface area (TPSA) is 29.3 Å². The molecule has 0 saturated heterocycles. The molecule has 0 amide bonds. The van der Waals surface area contributed by atoms with Gasteiger partial charge in [-0.1, -0.05) is 35.9 Å². The minimum atomic E-state index is 0.115. The molecule has 4 heteroatoms. The number of hydrogen-bond acceptors (Lipinski definition) is 2. The highest BCUT2D eigenvalue weighted by Crippen LogP contribution is 2.31. The third-order valence-corrected chi connectivity index (χ3v) is 4.73. The van der Waals surface area contributed by atoms with Crippen molar-refractivity contribution in [1.82, 2.24) is 0 Å². The molecule has 0 aliphatic heterocycles. The van der Waals surface area contributed by atoms with Crippen LogP contribution in [0.3, 0.4) is 0 Å². The van der Waals surface area contributed by atoms with Crippen LogP contribution in [0.25, 0.3) is 0 Å². The van der Waals surface area contributed by atoms with E-state index in [4.69, 9.17) is 17.3 Å². The van der Waals surface area contributed by atoms with Gasteiger partial charge in [0.1, 0.15) is 0 Å². The summed E-state index contributed by atoms with van der Waals surface area (Å²) < 4.78 is 0.897. The van der Waals surface area contributed by atoms with Crippen molar-refractivity contribution in [2.45, 2.75) is 13.0 Å². The molecule has 2 rings (SSSR count). The minimum absolute atomic E-state index is 0.115. The molecule has 2 aromatic rings. The molecule has 0 bridgehead atoms. The number of nitrogens with two attached hydrogens (primary N) is 1. The molecule has 1 unspecified atom stereocenters. The second-order valence-electron chi connectivity index (χ2n) is 4.82. The Kier molecular flexibility index (Phi) is 5.08. The number of benzene rings is 2. The highest BCUT2D eigenvalue weighted by molar-refractivity contribution is 9.10. The maximum absolute atomic E-state index is 6.06. The van der Waals surface area contributed by atoms with E-state index in [1.807, 2.05) is 30.3 Å². The van der Waals surface area contributed by atoms with Crippen LogP contribution in [0.5, 0.6) is 0 Å². The summed E-state index contributed by atoms with van der Waals surface area (Å²) in [6, 6.07) is 14.4. The van der Waals surface area contributed by atoms with E-state index in [0.717, 1.165) is 10.0 Å². The Bertz CT molecular complexity index is 601. The molecule has 0 aliphatic rings. The van der Waals surface area contributed by atoms with Crippen molar-refractivity contribution in [2.24, 2.45) is 5.73 Å². The number of anilines is 1. The molecular weight excluding hydrogens is 336 g/mol. The zero-order chi connectivity index (χ0) is 14.7. The first-order valence-corrected chi connectivity index (χ1v) is 7.65. The second-order valence-corrected chi connectivity index (χ2v) is 6.08. The minimum Gasteiger partial charge on any atom is -0.366 e. The number of aryl methyl sites for hydroxylation is 1. The Hall–Kier alpha value is -1.03. The summed E-state index contributed by atoms with van der Waals surface area (Å²) in [7, 11) is 2.07. The van der Waals surface area contributed by atoms with Gasteiger partial charge < -0.3 is 10.6 Å². The van der Waals surface area contributed by atoms with Crippen LogP contribution in [0.2, 0.25) is 5.02 Å². The van der Waals surface area contributed by atoms with Crippen molar-refractivity contribution in [3.05, 3.63) is 63.1 Å². The molecule has 0 saturated carbocycles. The van der Waals surface area contributed by atoms with Crippen molar-refractivity contribution in [3.8, 4) is 0 Å². The Morgan fingerprint density at radius 1 is 1.25 bits per heavy atom. The normalized spacial score (nSPS) is 12.2. The van der Waals surface area contributed by atoms with Gasteiger partial charge in [0.05, 0.1) is 11.1 Å². The molecule has 2 aromatic carbocycles. The monoisotopic (exact) mass is 352 g/mol. The lowest BCUT2D eigenvalue weighted by Crippen LogP contribution is -2.30. The van der Waals surface area contributed by atoms with E-state index < -0.39 is 0 Å². The Morgan fingerprint density at radius 3 is 2.55 bits per heavy atom. The van der Waals surface area contributed by atoms with Crippen LogP contribution in [0.4, 0.5) is 5.69 Å². The van der Waals surface area contributed by atoms with E-state index in [1.165, 1.54) is 11.3 Å². The van der Waals surface area contributed by atoms with Crippen LogP contribution in [0.1, 0.15) is 17.2 Å². The summed E-state index contributed by atoms with van der Waals surface area (Å²) in [5.74, 6) is 0. The molecule has 0 heterocycles. The molecule has 106 valence electrons. The first kappa shape index (κ1) is 15.4. The third-order valence-electron chi connectivity index (χ3n) is 3.51. The summed E-state index contributed by atoms with van der Waals surface area (Å²) >= 11 is 9.53. The predicted octanol–water partition coefficient (Wildman–Crippen LogP) is 4.55. The highest BCUT2D eigenvalue weighted by atomic mass is 79.9. The highest BCUT2D eigenvalue weighted by Gasteiger charge is 2.18. The van der Waals surface area contributed by atoms with Crippen molar-refractivity contribution < 1.29 is 0 Å². The Balaban J connectivity index is 2.36. The van der Waals surface area contributed by atoms with E-state index in [0.29, 0.717) is 11.6 Å². The summed E-state index contributed by atoms with van der Waals surface area (Å²) in [5.41, 5.74) is 9.57. The van der Waals surface area contributed by atoms with Crippen LogP contribution in [-0.2, 0) is 0 Å². The van der Waals surface area contributed by atoms with Crippen molar-refractivity contribution >= 4 is 33.2 Å². The van der Waals surface area contributed by atoms with Crippen molar-refractivity contribution in [3.63, 3.8) is 0 Å². The van der Waals surface area contributed by atoms with Crippen LogP contribution >= 0.6 is 27.5 Å². The molecule has 0 aliphatic carbocycles. The van der Waals surface area contributed by atoms with E-state index in [2.05, 4.69) is 46.9 Å². The lowest BCUT2D eigenvalue weighted by molar-refractivity contribution is 0.679. The van der Waals surface area contributed by atoms with Gasteiger partial charge in [-0.2, -0.15) is 0 Å². The molecule has 0 radical (unpaired) electrons. The standard InChI is InChI=1S/C16H18BrClN2/c1-11-5-3-4-6-15(11)20(2)16(10-19)12-7-8-14(18)13(17)9-12/h3-9,16H,10,19H2,1-2H3. The smallest absolute Gasteiger partial charge is 0.0662 e. The fourth-order valence-electron chi connectivity index (χ4n) is 2.36. The number of likely N-dealkylation sites (N-methyl/N-ethyl adjacent to an activating group) is 1. The number of rotatable bonds is 4. The van der Waals surface area contributed by atoms with Crippen LogP contribution in [-0.4, -0.2) is 13.6 Å². The third kappa shape index (κ3) is 3.17. The lowest BCUT2D eigenvalue weighted by Gasteiger charge is -2.31. The summed E-state index contributed by atoms with van der Waals surface area (Å²) in [4.78, 5) is 2.21. The largest absolute Gasteiger partial charge is 0.366 e.